The van der Waals surface area contributed by atoms with Gasteiger partial charge < -0.3 is 15.0 Å². The zero-order valence-corrected chi connectivity index (χ0v) is 9.34. The second-order valence-corrected chi connectivity index (χ2v) is 3.36. The second kappa shape index (κ2) is 4.69. The molecule has 0 saturated heterocycles. The normalized spacial score (nSPS) is 10.2. The van der Waals surface area contributed by atoms with E-state index < -0.39 is 5.97 Å². The van der Waals surface area contributed by atoms with Crippen LogP contribution in [0.2, 0.25) is 0 Å². The van der Waals surface area contributed by atoms with Gasteiger partial charge in [0, 0.05) is 0 Å². The summed E-state index contributed by atoms with van der Waals surface area (Å²) in [5.74, 6) is -0.425. The highest BCUT2D eigenvalue weighted by atomic mass is 16.5. The number of ether oxygens (including phenoxy) is 1. The zero-order chi connectivity index (χ0) is 12.3. The number of hydrogen-bond acceptors (Lipinski definition) is 5. The molecule has 0 aliphatic carbocycles. The minimum absolute atomic E-state index is 0.107. The summed E-state index contributed by atoms with van der Waals surface area (Å²) in [5, 5.41) is 3.64. The summed E-state index contributed by atoms with van der Waals surface area (Å²) in [6.07, 6.45) is 0. The van der Waals surface area contributed by atoms with Gasteiger partial charge in [0.1, 0.15) is 0 Å². The van der Waals surface area contributed by atoms with Crippen LogP contribution < -0.4 is 5.73 Å². The number of nitrogens with zero attached hydrogens (tertiary/aromatic N) is 1. The van der Waals surface area contributed by atoms with E-state index in [2.05, 4.69) is 5.16 Å². The van der Waals surface area contributed by atoms with Crippen LogP contribution in [0.1, 0.15) is 17.4 Å². The molecule has 1 heterocycles. The molecular formula is C12H12N2O3. The third-order valence-corrected chi connectivity index (χ3v) is 2.25. The van der Waals surface area contributed by atoms with E-state index in [1.807, 2.05) is 30.3 Å². The molecule has 2 N–H and O–H groups in total. The fourth-order valence-corrected chi connectivity index (χ4v) is 1.53. The molecule has 0 aliphatic rings. The van der Waals surface area contributed by atoms with Gasteiger partial charge in [-0.3, -0.25) is 0 Å². The van der Waals surface area contributed by atoms with E-state index in [0.717, 1.165) is 5.56 Å². The van der Waals surface area contributed by atoms with E-state index in [-0.39, 0.29) is 18.2 Å². The molecule has 0 saturated carbocycles. The van der Waals surface area contributed by atoms with Crippen LogP contribution >= 0.6 is 0 Å². The van der Waals surface area contributed by atoms with Crippen molar-refractivity contribution in [2.24, 2.45) is 0 Å². The average Bonchev–Trinajstić information content (AvgIpc) is 2.73. The maximum atomic E-state index is 11.7. The molecule has 1 aromatic carbocycles. The molecule has 2 aromatic rings. The van der Waals surface area contributed by atoms with Gasteiger partial charge in [0.05, 0.1) is 12.2 Å². The smallest absolute Gasteiger partial charge is 0.361 e. The number of carbonyl (C=O) groups is 1. The minimum Gasteiger partial charge on any atom is -0.461 e. The highest BCUT2D eigenvalue weighted by Gasteiger charge is 2.22. The van der Waals surface area contributed by atoms with Crippen molar-refractivity contribution in [1.29, 1.82) is 0 Å². The molecule has 88 valence electrons. The zero-order valence-electron chi connectivity index (χ0n) is 9.34. The topological polar surface area (TPSA) is 78.3 Å². The number of carbonyl (C=O) groups excluding carboxylic acids is 1. The Morgan fingerprint density at radius 3 is 2.76 bits per heavy atom. The van der Waals surface area contributed by atoms with Crippen molar-refractivity contribution in [2.75, 3.05) is 12.3 Å². The first kappa shape index (κ1) is 11.2. The lowest BCUT2D eigenvalue weighted by atomic mass is 10.1. The molecule has 0 amide bonds. The Balaban J connectivity index is 2.47. The van der Waals surface area contributed by atoms with Crippen LogP contribution in [0.5, 0.6) is 0 Å². The number of nitrogens with two attached hydrogens (primary N) is 1. The van der Waals surface area contributed by atoms with Crippen LogP contribution in [-0.2, 0) is 4.74 Å². The Morgan fingerprint density at radius 2 is 2.12 bits per heavy atom. The molecule has 0 radical (unpaired) electrons. The van der Waals surface area contributed by atoms with Crippen LogP contribution in [0.3, 0.4) is 0 Å². The van der Waals surface area contributed by atoms with Gasteiger partial charge in [0.15, 0.2) is 0 Å². The van der Waals surface area contributed by atoms with Gasteiger partial charge in [-0.25, -0.2) is 4.79 Å². The fourth-order valence-electron chi connectivity index (χ4n) is 1.53. The van der Waals surface area contributed by atoms with Crippen LogP contribution in [-0.4, -0.2) is 17.7 Å². The highest BCUT2D eigenvalue weighted by Crippen LogP contribution is 2.29. The first-order valence-electron chi connectivity index (χ1n) is 5.21. The lowest BCUT2D eigenvalue weighted by molar-refractivity contribution is 0.0515. The molecule has 5 heteroatoms. The van der Waals surface area contributed by atoms with Crippen LogP contribution in [0.25, 0.3) is 11.1 Å². The lowest BCUT2D eigenvalue weighted by Crippen LogP contribution is -2.06. The van der Waals surface area contributed by atoms with Crippen molar-refractivity contribution in [3.63, 3.8) is 0 Å². The molecule has 0 bridgehead atoms. The third-order valence-electron chi connectivity index (χ3n) is 2.25. The Labute approximate surface area is 98.2 Å². The lowest BCUT2D eigenvalue weighted by Gasteiger charge is -2.01. The van der Waals surface area contributed by atoms with Crippen LogP contribution in [0.15, 0.2) is 34.9 Å². The molecule has 5 nitrogen and oxygen atoms in total. The summed E-state index contributed by atoms with van der Waals surface area (Å²) >= 11 is 0. The molecule has 2 rings (SSSR count). The number of rotatable bonds is 3. The van der Waals surface area contributed by atoms with Crippen molar-refractivity contribution in [3.05, 3.63) is 36.0 Å². The molecule has 0 aliphatic heterocycles. The predicted molar refractivity (Wildman–Crippen MR) is 62.3 cm³/mol. The van der Waals surface area contributed by atoms with E-state index in [9.17, 15) is 4.79 Å². The summed E-state index contributed by atoms with van der Waals surface area (Å²) < 4.78 is 9.73. The van der Waals surface area contributed by atoms with E-state index in [0.29, 0.717) is 5.56 Å². The molecule has 0 fully saturated rings. The monoisotopic (exact) mass is 232 g/mol. The van der Waals surface area contributed by atoms with Gasteiger partial charge in [0.2, 0.25) is 11.6 Å². The van der Waals surface area contributed by atoms with E-state index in [4.69, 9.17) is 15.0 Å². The molecule has 0 spiro atoms. The Bertz CT molecular complexity index is 520. The summed E-state index contributed by atoms with van der Waals surface area (Å²) in [6, 6.07) is 9.21. The first-order valence-corrected chi connectivity index (χ1v) is 5.21. The standard InChI is InChI=1S/C12H12N2O3/c1-2-16-12(15)10-9(11(13)17-14-10)8-6-4-3-5-7-8/h3-7H,2,13H2,1H3. The molecular weight excluding hydrogens is 220 g/mol. The van der Waals surface area contributed by atoms with Gasteiger partial charge in [-0.1, -0.05) is 35.5 Å². The summed E-state index contributed by atoms with van der Waals surface area (Å²) in [4.78, 5) is 11.7. The number of benzene rings is 1. The average molecular weight is 232 g/mol. The van der Waals surface area contributed by atoms with E-state index in [1.54, 1.807) is 6.92 Å². The Hall–Kier alpha value is -2.30. The Kier molecular flexibility index (Phi) is 3.09. The van der Waals surface area contributed by atoms with Crippen molar-refractivity contribution in [1.82, 2.24) is 5.16 Å². The van der Waals surface area contributed by atoms with Gasteiger partial charge in [-0.05, 0) is 12.5 Å². The van der Waals surface area contributed by atoms with Gasteiger partial charge >= 0.3 is 5.97 Å². The van der Waals surface area contributed by atoms with Crippen LogP contribution in [0, 0.1) is 0 Å². The summed E-state index contributed by atoms with van der Waals surface area (Å²) in [6.45, 7) is 2.00. The summed E-state index contributed by atoms with van der Waals surface area (Å²) in [5.41, 5.74) is 7.03. The molecule has 1 aromatic heterocycles. The van der Waals surface area contributed by atoms with Gasteiger partial charge in [-0.15, -0.1) is 0 Å². The number of aromatic nitrogens is 1. The van der Waals surface area contributed by atoms with Crippen molar-refractivity contribution in [2.45, 2.75) is 6.92 Å². The highest BCUT2D eigenvalue weighted by molar-refractivity contribution is 5.97. The first-order chi connectivity index (χ1) is 8.24. The second-order valence-electron chi connectivity index (χ2n) is 3.36. The predicted octanol–water partition coefficient (Wildman–Crippen LogP) is 2.10. The van der Waals surface area contributed by atoms with E-state index >= 15 is 0 Å². The Morgan fingerprint density at radius 1 is 1.41 bits per heavy atom. The number of nitrogen functional groups attached to an aromatic ring is 1. The number of anilines is 1. The van der Waals surface area contributed by atoms with Crippen molar-refractivity contribution >= 4 is 11.9 Å². The summed E-state index contributed by atoms with van der Waals surface area (Å²) in [7, 11) is 0. The molecule has 0 unspecified atom stereocenters. The maximum absolute atomic E-state index is 11.7. The minimum atomic E-state index is -0.535. The van der Waals surface area contributed by atoms with Crippen molar-refractivity contribution in [3.8, 4) is 11.1 Å². The SMILES string of the molecule is CCOC(=O)c1noc(N)c1-c1ccccc1. The van der Waals surface area contributed by atoms with Gasteiger partial charge in [-0.2, -0.15) is 0 Å². The molecule has 17 heavy (non-hydrogen) atoms. The number of esters is 1. The number of hydrogen-bond donors (Lipinski definition) is 1. The maximum Gasteiger partial charge on any atom is 0.361 e. The quantitative estimate of drug-likeness (QED) is 0.820. The molecule has 0 atom stereocenters. The van der Waals surface area contributed by atoms with Crippen LogP contribution in [0.4, 0.5) is 5.88 Å². The van der Waals surface area contributed by atoms with Crippen molar-refractivity contribution < 1.29 is 14.1 Å². The fraction of sp³-hybridized carbons (Fsp3) is 0.167. The van der Waals surface area contributed by atoms with Gasteiger partial charge in [0.25, 0.3) is 0 Å². The third kappa shape index (κ3) is 2.13. The van der Waals surface area contributed by atoms with E-state index in [1.165, 1.54) is 0 Å². The largest absolute Gasteiger partial charge is 0.461 e.